The Balaban J connectivity index is 0.000000801. The molecule has 0 aliphatic rings. The fourth-order valence-electron chi connectivity index (χ4n) is 2.78. The molecule has 0 radical (unpaired) electrons. The van der Waals surface area contributed by atoms with Crippen LogP contribution in [0, 0.1) is 0 Å². The zero-order valence-corrected chi connectivity index (χ0v) is 20.3. The highest BCUT2D eigenvalue weighted by molar-refractivity contribution is 6.30. The number of aliphatic carboxylic acids is 2. The van der Waals surface area contributed by atoms with E-state index in [1.165, 1.54) is 5.56 Å². The van der Waals surface area contributed by atoms with Gasteiger partial charge in [-0.3, -0.25) is 0 Å². The molecule has 2 amide bonds. The number of amides is 2. The molecule has 0 aliphatic carbocycles. The minimum Gasteiger partial charge on any atom is -0.473 e. The molecule has 0 aromatic heterocycles. The zero-order chi connectivity index (χ0) is 25.2. The highest BCUT2D eigenvalue weighted by atomic mass is 35.5. The molecule has 0 saturated carbocycles. The topological polar surface area (TPSA) is 119 Å². The number of carboxylic acid groups (broad SMARTS) is 2. The van der Waals surface area contributed by atoms with Crippen molar-refractivity contribution in [2.45, 2.75) is 38.6 Å². The fourth-order valence-corrected chi connectivity index (χ4v) is 2.91. The van der Waals surface area contributed by atoms with E-state index in [-0.39, 0.29) is 17.5 Å². The van der Waals surface area contributed by atoms with Gasteiger partial charge in [-0.25, -0.2) is 14.4 Å². The Hall–Kier alpha value is -3.10. The molecule has 9 heteroatoms. The molecule has 2 aromatic rings. The summed E-state index contributed by atoms with van der Waals surface area (Å²) < 4.78 is 0. The van der Waals surface area contributed by atoms with Gasteiger partial charge in [0.15, 0.2) is 0 Å². The molecule has 8 nitrogen and oxygen atoms in total. The Labute approximate surface area is 199 Å². The van der Waals surface area contributed by atoms with E-state index in [9.17, 15) is 4.79 Å². The smallest absolute Gasteiger partial charge is 0.414 e. The summed E-state index contributed by atoms with van der Waals surface area (Å²) in [6.07, 6.45) is 0.811. The maximum Gasteiger partial charge on any atom is 0.414 e. The van der Waals surface area contributed by atoms with Gasteiger partial charge in [0.1, 0.15) is 0 Å². The first-order valence-electron chi connectivity index (χ1n) is 10.3. The zero-order valence-electron chi connectivity index (χ0n) is 19.6. The highest BCUT2D eigenvalue weighted by Crippen LogP contribution is 2.24. The molecule has 180 valence electrons. The number of anilines is 1. The van der Waals surface area contributed by atoms with Crippen LogP contribution in [0.1, 0.15) is 44.4 Å². The number of nitrogens with zero attached hydrogens (tertiary/aromatic N) is 1. The van der Waals surface area contributed by atoms with E-state index in [1.807, 2.05) is 50.5 Å². The van der Waals surface area contributed by atoms with E-state index >= 15 is 0 Å². The van der Waals surface area contributed by atoms with Gasteiger partial charge in [-0.2, -0.15) is 0 Å². The van der Waals surface area contributed by atoms with Crippen LogP contribution in [-0.2, 0) is 15.0 Å². The molecule has 4 N–H and O–H groups in total. The second-order valence-electron chi connectivity index (χ2n) is 8.73. The lowest BCUT2D eigenvalue weighted by Gasteiger charge is -2.22. The first-order valence-corrected chi connectivity index (χ1v) is 10.7. The first kappa shape index (κ1) is 27.9. The summed E-state index contributed by atoms with van der Waals surface area (Å²) in [5.74, 6) is -3.65. The second-order valence-corrected chi connectivity index (χ2v) is 9.17. The predicted octanol–water partition coefficient (Wildman–Crippen LogP) is 4.61. The van der Waals surface area contributed by atoms with Crippen molar-refractivity contribution in [2.75, 3.05) is 26.0 Å². The third kappa shape index (κ3) is 10.9. The van der Waals surface area contributed by atoms with Gasteiger partial charge in [0.25, 0.3) is 0 Å². The van der Waals surface area contributed by atoms with Crippen LogP contribution in [-0.4, -0.2) is 53.7 Å². The van der Waals surface area contributed by atoms with Crippen molar-refractivity contribution < 1.29 is 24.6 Å². The molecular weight excluding hydrogens is 446 g/mol. The standard InChI is InChI=1S/C22H30ClN3O.C2H2O4/c1-22(2,3)17-8-12-19(13-9-17)24-21(27)25-20(14-15-26(4)5)16-6-10-18(23)11-7-16;3-1(4)2(5)6/h6-13,20H,14-15H2,1-5H3,(H2,24,25,27);(H,3,4)(H,5,6). The van der Waals surface area contributed by atoms with Crippen molar-refractivity contribution in [3.63, 3.8) is 0 Å². The van der Waals surface area contributed by atoms with Gasteiger partial charge in [-0.15, -0.1) is 0 Å². The molecule has 2 rings (SSSR count). The van der Waals surface area contributed by atoms with Gasteiger partial charge in [0, 0.05) is 10.7 Å². The van der Waals surface area contributed by atoms with Crippen LogP contribution in [0.4, 0.5) is 10.5 Å². The van der Waals surface area contributed by atoms with E-state index in [0.29, 0.717) is 5.02 Å². The summed E-state index contributed by atoms with van der Waals surface area (Å²) in [6.45, 7) is 7.38. The highest BCUT2D eigenvalue weighted by Gasteiger charge is 2.16. The van der Waals surface area contributed by atoms with Crippen LogP contribution in [0.3, 0.4) is 0 Å². The fraction of sp³-hybridized carbons (Fsp3) is 0.375. The largest absolute Gasteiger partial charge is 0.473 e. The lowest BCUT2D eigenvalue weighted by molar-refractivity contribution is -0.159. The summed E-state index contributed by atoms with van der Waals surface area (Å²) in [5, 5.41) is 21.5. The van der Waals surface area contributed by atoms with Gasteiger partial charge in [0.2, 0.25) is 0 Å². The Morgan fingerprint density at radius 3 is 1.88 bits per heavy atom. The Morgan fingerprint density at radius 2 is 1.45 bits per heavy atom. The van der Waals surface area contributed by atoms with Crippen molar-refractivity contribution in [3.05, 3.63) is 64.7 Å². The van der Waals surface area contributed by atoms with Crippen LogP contribution in [0.5, 0.6) is 0 Å². The van der Waals surface area contributed by atoms with Crippen LogP contribution in [0.25, 0.3) is 0 Å². The van der Waals surface area contributed by atoms with Gasteiger partial charge < -0.3 is 25.7 Å². The van der Waals surface area contributed by atoms with Crippen molar-refractivity contribution >= 4 is 35.3 Å². The quantitative estimate of drug-likeness (QED) is 0.451. The molecule has 0 fully saturated rings. The monoisotopic (exact) mass is 477 g/mol. The number of hydrogen-bond donors (Lipinski definition) is 4. The molecule has 0 saturated heterocycles. The summed E-state index contributed by atoms with van der Waals surface area (Å²) in [4.78, 5) is 32.8. The number of nitrogens with one attached hydrogen (secondary N) is 2. The lowest BCUT2D eigenvalue weighted by atomic mass is 9.87. The normalized spacial score (nSPS) is 11.7. The van der Waals surface area contributed by atoms with Gasteiger partial charge in [-0.1, -0.05) is 56.6 Å². The molecule has 33 heavy (non-hydrogen) atoms. The molecule has 0 spiro atoms. The van der Waals surface area contributed by atoms with Crippen molar-refractivity contribution in [1.29, 1.82) is 0 Å². The first-order chi connectivity index (χ1) is 15.3. The average molecular weight is 478 g/mol. The van der Waals surface area contributed by atoms with E-state index in [0.717, 1.165) is 24.2 Å². The van der Waals surface area contributed by atoms with E-state index in [1.54, 1.807) is 0 Å². The van der Waals surface area contributed by atoms with Crippen LogP contribution < -0.4 is 10.6 Å². The third-order valence-electron chi connectivity index (χ3n) is 4.63. The van der Waals surface area contributed by atoms with Gasteiger partial charge in [-0.05, 0) is 67.9 Å². The minimum atomic E-state index is -1.82. The summed E-state index contributed by atoms with van der Waals surface area (Å²) >= 11 is 5.99. The molecule has 0 aliphatic heterocycles. The minimum absolute atomic E-state index is 0.0847. The van der Waals surface area contributed by atoms with E-state index in [4.69, 9.17) is 31.4 Å². The molecule has 1 unspecified atom stereocenters. The van der Waals surface area contributed by atoms with Crippen molar-refractivity contribution in [3.8, 4) is 0 Å². The number of hydrogen-bond acceptors (Lipinski definition) is 4. The molecule has 2 aromatic carbocycles. The molecular formula is C24H32ClN3O5. The van der Waals surface area contributed by atoms with E-state index < -0.39 is 11.9 Å². The number of rotatable bonds is 6. The SMILES string of the molecule is CN(C)CCC(NC(=O)Nc1ccc(C(C)(C)C)cc1)c1ccc(Cl)cc1.O=C(O)C(=O)O. The summed E-state index contributed by atoms with van der Waals surface area (Å²) in [5.41, 5.74) is 3.15. The van der Waals surface area contributed by atoms with Crippen molar-refractivity contribution in [2.24, 2.45) is 0 Å². The van der Waals surface area contributed by atoms with Crippen LogP contribution in [0.2, 0.25) is 5.02 Å². The number of carboxylic acids is 2. The molecule has 1 atom stereocenters. The maximum absolute atomic E-state index is 12.5. The Kier molecular flexibility index (Phi) is 10.8. The second kappa shape index (κ2) is 12.8. The number of benzene rings is 2. The van der Waals surface area contributed by atoms with Crippen LogP contribution in [0.15, 0.2) is 48.5 Å². The molecule has 0 bridgehead atoms. The van der Waals surface area contributed by atoms with Crippen LogP contribution >= 0.6 is 11.6 Å². The predicted molar refractivity (Wildman–Crippen MR) is 130 cm³/mol. The number of carbonyl (C=O) groups is 3. The maximum atomic E-state index is 12.5. The number of carbonyl (C=O) groups excluding carboxylic acids is 1. The molecule has 0 heterocycles. The summed E-state index contributed by atoms with van der Waals surface area (Å²) in [6, 6.07) is 15.3. The average Bonchev–Trinajstić information content (AvgIpc) is 2.71. The van der Waals surface area contributed by atoms with E-state index in [2.05, 4.69) is 48.4 Å². The summed E-state index contributed by atoms with van der Waals surface area (Å²) in [7, 11) is 4.05. The third-order valence-corrected chi connectivity index (χ3v) is 4.89. The van der Waals surface area contributed by atoms with Gasteiger partial charge >= 0.3 is 18.0 Å². The number of urea groups is 1. The van der Waals surface area contributed by atoms with Gasteiger partial charge in [0.05, 0.1) is 6.04 Å². The Morgan fingerprint density at radius 1 is 0.939 bits per heavy atom. The Bertz CT molecular complexity index is 911. The lowest BCUT2D eigenvalue weighted by Crippen LogP contribution is -2.34. The van der Waals surface area contributed by atoms with Crippen molar-refractivity contribution in [1.82, 2.24) is 10.2 Å². The number of halogens is 1.